The summed E-state index contributed by atoms with van der Waals surface area (Å²) < 4.78 is 5.89. The summed E-state index contributed by atoms with van der Waals surface area (Å²) in [7, 11) is 0. The monoisotopic (exact) mass is 396 g/mol. The predicted molar refractivity (Wildman–Crippen MR) is 114 cm³/mol. The Morgan fingerprint density at radius 1 is 0.966 bits per heavy atom. The highest BCUT2D eigenvalue weighted by Gasteiger charge is 2.19. The van der Waals surface area contributed by atoms with Gasteiger partial charge in [-0.1, -0.05) is 36.4 Å². The maximum absolute atomic E-state index is 10.5. The first kappa shape index (κ1) is 20.4. The van der Waals surface area contributed by atoms with Crippen molar-refractivity contribution in [1.82, 2.24) is 9.80 Å². The number of hydrogen-bond donors (Lipinski definition) is 2. The molecule has 1 atom stereocenters. The van der Waals surface area contributed by atoms with Gasteiger partial charge >= 0.3 is 0 Å². The average Bonchev–Trinajstić information content (AvgIpc) is 2.74. The van der Waals surface area contributed by atoms with Crippen molar-refractivity contribution in [2.45, 2.75) is 44.6 Å². The molecule has 0 unspecified atom stereocenters. The quantitative estimate of drug-likeness (QED) is 0.753. The zero-order valence-corrected chi connectivity index (χ0v) is 17.0. The van der Waals surface area contributed by atoms with Crippen molar-refractivity contribution >= 4 is 0 Å². The number of benzene rings is 2. The molecule has 4 rings (SSSR count). The van der Waals surface area contributed by atoms with E-state index >= 15 is 0 Å². The summed E-state index contributed by atoms with van der Waals surface area (Å²) in [6, 6.07) is 16.7. The number of aliphatic hydroxyl groups is 2. The SMILES string of the molecule is OC1CCN(Cc2cccc(OC[C@@H](O)CN3CCc4ccccc4C3)c2)CC1. The first-order chi connectivity index (χ1) is 14.2. The third kappa shape index (κ3) is 5.80. The molecule has 2 heterocycles. The first-order valence-electron chi connectivity index (χ1n) is 10.7. The third-order valence-electron chi connectivity index (χ3n) is 5.98. The molecule has 2 N–H and O–H groups in total. The molecule has 0 aromatic heterocycles. The highest BCUT2D eigenvalue weighted by Crippen LogP contribution is 2.20. The second-order valence-electron chi connectivity index (χ2n) is 8.37. The van der Waals surface area contributed by atoms with Crippen LogP contribution >= 0.6 is 0 Å². The molecule has 5 heteroatoms. The summed E-state index contributed by atoms with van der Waals surface area (Å²) in [5.74, 6) is 0.808. The molecular weight excluding hydrogens is 364 g/mol. The van der Waals surface area contributed by atoms with E-state index in [1.165, 1.54) is 16.7 Å². The number of piperidine rings is 1. The zero-order chi connectivity index (χ0) is 20.1. The number of hydrogen-bond acceptors (Lipinski definition) is 5. The smallest absolute Gasteiger partial charge is 0.119 e. The maximum Gasteiger partial charge on any atom is 0.119 e. The van der Waals surface area contributed by atoms with Crippen LogP contribution in [-0.4, -0.2) is 65.0 Å². The minimum atomic E-state index is -0.507. The van der Waals surface area contributed by atoms with Crippen LogP contribution in [0.1, 0.15) is 29.5 Å². The highest BCUT2D eigenvalue weighted by molar-refractivity contribution is 5.29. The molecule has 156 valence electrons. The van der Waals surface area contributed by atoms with Crippen LogP contribution in [0.2, 0.25) is 0 Å². The summed E-state index contributed by atoms with van der Waals surface area (Å²) in [5, 5.41) is 20.1. The fourth-order valence-electron chi connectivity index (χ4n) is 4.32. The van der Waals surface area contributed by atoms with Crippen molar-refractivity contribution in [3.63, 3.8) is 0 Å². The van der Waals surface area contributed by atoms with E-state index in [1.807, 2.05) is 12.1 Å². The molecule has 1 fully saturated rings. The predicted octanol–water partition coefficient (Wildman–Crippen LogP) is 2.44. The standard InChI is InChI=1S/C24H32N2O3/c27-22-9-12-25(13-10-22)15-19-4-3-7-24(14-19)29-18-23(28)17-26-11-8-20-5-1-2-6-21(20)16-26/h1-7,14,22-23,27-28H,8-13,15-18H2/t23-/m0/s1. The van der Waals surface area contributed by atoms with Gasteiger partial charge in [0.1, 0.15) is 18.5 Å². The molecule has 0 amide bonds. The Kier molecular flexibility index (Phi) is 6.82. The second kappa shape index (κ2) is 9.72. The van der Waals surface area contributed by atoms with E-state index in [0.717, 1.165) is 57.7 Å². The number of fused-ring (bicyclic) bond motifs is 1. The molecule has 2 aliphatic heterocycles. The lowest BCUT2D eigenvalue weighted by Crippen LogP contribution is -2.38. The van der Waals surface area contributed by atoms with Gasteiger partial charge in [-0.05, 0) is 48.1 Å². The molecule has 5 nitrogen and oxygen atoms in total. The van der Waals surface area contributed by atoms with Crippen LogP contribution in [0.25, 0.3) is 0 Å². The van der Waals surface area contributed by atoms with Gasteiger partial charge in [0, 0.05) is 39.3 Å². The van der Waals surface area contributed by atoms with Crippen LogP contribution in [0, 0.1) is 0 Å². The van der Waals surface area contributed by atoms with Crippen LogP contribution in [0.3, 0.4) is 0 Å². The average molecular weight is 397 g/mol. The third-order valence-corrected chi connectivity index (χ3v) is 5.98. The van der Waals surface area contributed by atoms with Crippen molar-refractivity contribution in [3.05, 3.63) is 65.2 Å². The molecule has 29 heavy (non-hydrogen) atoms. The van der Waals surface area contributed by atoms with E-state index in [4.69, 9.17) is 4.74 Å². The summed E-state index contributed by atoms with van der Waals surface area (Å²) in [5.41, 5.74) is 4.00. The summed E-state index contributed by atoms with van der Waals surface area (Å²) in [6.45, 7) is 5.55. The van der Waals surface area contributed by atoms with Gasteiger partial charge in [0.15, 0.2) is 0 Å². The van der Waals surface area contributed by atoms with E-state index in [-0.39, 0.29) is 6.10 Å². The van der Waals surface area contributed by atoms with Crippen molar-refractivity contribution in [1.29, 1.82) is 0 Å². The molecule has 0 spiro atoms. The van der Waals surface area contributed by atoms with E-state index in [1.54, 1.807) is 0 Å². The minimum absolute atomic E-state index is 0.143. The Morgan fingerprint density at radius 3 is 2.59 bits per heavy atom. The number of aliphatic hydroxyl groups excluding tert-OH is 2. The van der Waals surface area contributed by atoms with Gasteiger partial charge in [0.05, 0.1) is 6.10 Å². The van der Waals surface area contributed by atoms with Crippen LogP contribution in [0.4, 0.5) is 0 Å². The number of ether oxygens (including phenoxy) is 1. The number of rotatable bonds is 7. The summed E-state index contributed by atoms with van der Waals surface area (Å²) in [6.07, 6.45) is 2.09. The van der Waals surface area contributed by atoms with Crippen LogP contribution < -0.4 is 4.74 Å². The summed E-state index contributed by atoms with van der Waals surface area (Å²) in [4.78, 5) is 4.67. The number of nitrogens with zero attached hydrogens (tertiary/aromatic N) is 2. The Bertz CT molecular complexity index is 789. The number of β-amino-alcohol motifs (C(OH)–C–C–N with tert-alkyl or cyclic N) is 1. The topological polar surface area (TPSA) is 56.2 Å². The Morgan fingerprint density at radius 2 is 1.76 bits per heavy atom. The van der Waals surface area contributed by atoms with Crippen molar-refractivity contribution in [2.24, 2.45) is 0 Å². The van der Waals surface area contributed by atoms with E-state index in [0.29, 0.717) is 13.2 Å². The lowest BCUT2D eigenvalue weighted by molar-refractivity contribution is 0.0636. The molecule has 0 saturated carbocycles. The zero-order valence-electron chi connectivity index (χ0n) is 17.0. The van der Waals surface area contributed by atoms with Crippen molar-refractivity contribution < 1.29 is 14.9 Å². The molecule has 1 saturated heterocycles. The molecule has 0 radical (unpaired) electrons. The van der Waals surface area contributed by atoms with Gasteiger partial charge < -0.3 is 14.9 Å². The van der Waals surface area contributed by atoms with E-state index in [2.05, 4.69) is 46.2 Å². The molecule has 2 aromatic carbocycles. The Labute approximate surface area is 173 Å². The largest absolute Gasteiger partial charge is 0.491 e. The van der Waals surface area contributed by atoms with Crippen molar-refractivity contribution in [3.8, 4) is 5.75 Å². The molecule has 0 aliphatic carbocycles. The van der Waals surface area contributed by atoms with Gasteiger partial charge in [-0.25, -0.2) is 0 Å². The minimum Gasteiger partial charge on any atom is -0.491 e. The fraction of sp³-hybridized carbons (Fsp3) is 0.500. The number of likely N-dealkylation sites (tertiary alicyclic amines) is 1. The Balaban J connectivity index is 1.24. The van der Waals surface area contributed by atoms with Crippen LogP contribution in [0.5, 0.6) is 5.75 Å². The van der Waals surface area contributed by atoms with Gasteiger partial charge in [-0.3, -0.25) is 9.80 Å². The molecule has 2 aromatic rings. The first-order valence-corrected chi connectivity index (χ1v) is 10.7. The summed E-state index contributed by atoms with van der Waals surface area (Å²) >= 11 is 0. The lowest BCUT2D eigenvalue weighted by Gasteiger charge is -2.30. The maximum atomic E-state index is 10.5. The van der Waals surface area contributed by atoms with Crippen LogP contribution in [-0.2, 0) is 19.5 Å². The lowest BCUT2D eigenvalue weighted by atomic mass is 10.00. The van der Waals surface area contributed by atoms with E-state index < -0.39 is 6.10 Å². The van der Waals surface area contributed by atoms with Gasteiger partial charge in [-0.15, -0.1) is 0 Å². The Hall–Kier alpha value is -1.92. The normalized spacial score (nSPS) is 19.7. The molecule has 2 aliphatic rings. The molecule has 0 bridgehead atoms. The highest BCUT2D eigenvalue weighted by atomic mass is 16.5. The van der Waals surface area contributed by atoms with Crippen molar-refractivity contribution in [2.75, 3.05) is 32.8 Å². The van der Waals surface area contributed by atoms with Gasteiger partial charge in [-0.2, -0.15) is 0 Å². The van der Waals surface area contributed by atoms with E-state index in [9.17, 15) is 10.2 Å². The second-order valence-corrected chi connectivity index (χ2v) is 8.37. The fourth-order valence-corrected chi connectivity index (χ4v) is 4.32. The van der Waals surface area contributed by atoms with Crippen LogP contribution in [0.15, 0.2) is 48.5 Å². The molecular formula is C24H32N2O3. The van der Waals surface area contributed by atoms with Gasteiger partial charge in [0.2, 0.25) is 0 Å². The van der Waals surface area contributed by atoms with Gasteiger partial charge in [0.25, 0.3) is 0 Å².